The molecule has 0 spiro atoms. The lowest BCUT2D eigenvalue weighted by atomic mass is 10.5. The molecule has 1 aromatic heterocycles. The second-order valence-electron chi connectivity index (χ2n) is 1.53. The first-order valence-corrected chi connectivity index (χ1v) is 2.79. The third-order valence-corrected chi connectivity index (χ3v) is 1.03. The zero-order valence-electron chi connectivity index (χ0n) is 5.19. The molecule has 11 heavy (non-hydrogen) atoms. The average molecular weight is 195 g/mol. The van der Waals surface area contributed by atoms with Crippen molar-refractivity contribution in [2.45, 2.75) is 0 Å². The van der Waals surface area contributed by atoms with Gasteiger partial charge < -0.3 is 5.11 Å². The summed E-state index contributed by atoms with van der Waals surface area (Å²) in [5, 5.41) is 8.52. The number of halogens is 2. The number of hydrogen-bond acceptors (Lipinski definition) is 3. The molecule has 0 aliphatic carbocycles. The van der Waals surface area contributed by atoms with Crippen LogP contribution < -0.4 is 0 Å². The topological polar surface area (TPSA) is 63.1 Å². The van der Waals surface area contributed by atoms with E-state index in [9.17, 15) is 4.79 Å². The summed E-state index contributed by atoms with van der Waals surface area (Å²) in [7, 11) is 0. The Labute approximate surface area is 73.6 Å². The van der Waals surface area contributed by atoms with E-state index in [0.717, 1.165) is 6.20 Å². The van der Waals surface area contributed by atoms with E-state index in [4.69, 9.17) is 16.7 Å². The van der Waals surface area contributed by atoms with Crippen LogP contribution in [0.15, 0.2) is 12.4 Å². The number of aromatic nitrogens is 2. The van der Waals surface area contributed by atoms with Gasteiger partial charge in [-0.15, -0.1) is 12.4 Å². The lowest BCUT2D eigenvalue weighted by Crippen LogP contribution is -1.99. The summed E-state index contributed by atoms with van der Waals surface area (Å²) < 4.78 is 0. The van der Waals surface area contributed by atoms with E-state index in [1.165, 1.54) is 6.20 Å². The number of carbonyl (C=O) groups is 1. The lowest BCUT2D eigenvalue weighted by Gasteiger charge is -1.89. The number of nitrogens with zero attached hydrogens (tertiary/aromatic N) is 2. The number of rotatable bonds is 1. The van der Waals surface area contributed by atoms with Gasteiger partial charge in [-0.3, -0.25) is 0 Å². The van der Waals surface area contributed by atoms with Gasteiger partial charge in [0.1, 0.15) is 5.15 Å². The highest BCUT2D eigenvalue weighted by atomic mass is 35.5. The van der Waals surface area contributed by atoms with Gasteiger partial charge in [0.15, 0.2) is 5.69 Å². The molecule has 0 saturated carbocycles. The van der Waals surface area contributed by atoms with Crippen LogP contribution in [0.1, 0.15) is 10.5 Å². The molecule has 1 rings (SSSR count). The largest absolute Gasteiger partial charge is 0.476 e. The first kappa shape index (κ1) is 10.1. The van der Waals surface area contributed by atoms with Crippen LogP contribution in [0, 0.1) is 0 Å². The Balaban J connectivity index is 0.000001000. The number of carboxylic acids is 1. The smallest absolute Gasteiger partial charge is 0.356 e. The molecule has 0 atom stereocenters. The summed E-state index contributed by atoms with van der Waals surface area (Å²) in [5.41, 5.74) is -0.107. The normalized spacial score (nSPS) is 8.45. The summed E-state index contributed by atoms with van der Waals surface area (Å²) in [6.45, 7) is 0. The fourth-order valence-corrected chi connectivity index (χ4v) is 0.520. The van der Waals surface area contributed by atoms with Gasteiger partial charge in [-0.2, -0.15) is 0 Å². The maximum atomic E-state index is 10.2. The van der Waals surface area contributed by atoms with Gasteiger partial charge in [0.25, 0.3) is 0 Å². The van der Waals surface area contributed by atoms with E-state index < -0.39 is 5.97 Å². The molecular weight excluding hydrogens is 191 g/mol. The molecule has 0 radical (unpaired) electrons. The van der Waals surface area contributed by atoms with Crippen LogP contribution >= 0.6 is 24.0 Å². The second-order valence-corrected chi connectivity index (χ2v) is 1.92. The van der Waals surface area contributed by atoms with E-state index in [2.05, 4.69) is 9.97 Å². The Morgan fingerprint density at radius 3 is 2.45 bits per heavy atom. The van der Waals surface area contributed by atoms with Crippen molar-refractivity contribution < 1.29 is 9.90 Å². The Bertz CT molecular complexity index is 249. The first-order valence-electron chi connectivity index (χ1n) is 2.41. The van der Waals surface area contributed by atoms with Crippen LogP contribution in [0.2, 0.25) is 5.15 Å². The fourth-order valence-electron chi connectivity index (χ4n) is 0.423. The molecule has 0 bridgehead atoms. The number of aromatic carboxylic acids is 1. The third-order valence-electron chi connectivity index (χ3n) is 0.839. The molecule has 60 valence electrons. The van der Waals surface area contributed by atoms with Crippen molar-refractivity contribution in [3.8, 4) is 0 Å². The van der Waals surface area contributed by atoms with Crippen LogP contribution in [-0.2, 0) is 0 Å². The van der Waals surface area contributed by atoms with Crippen molar-refractivity contribution in [1.29, 1.82) is 0 Å². The van der Waals surface area contributed by atoms with Crippen molar-refractivity contribution in [2.75, 3.05) is 0 Å². The standard InChI is InChI=1S/C5H3ClN2O2.ClH/c6-4-2-7-3(1-8-4)5(9)10;/h1-2H,(H,9,10);1H. The van der Waals surface area contributed by atoms with Crippen LogP contribution in [-0.4, -0.2) is 21.0 Å². The number of carboxylic acid groups (broad SMARTS) is 1. The van der Waals surface area contributed by atoms with Crippen LogP contribution in [0.25, 0.3) is 0 Å². The molecule has 0 fully saturated rings. The molecule has 4 nitrogen and oxygen atoms in total. The quantitative estimate of drug-likeness (QED) is 0.732. The van der Waals surface area contributed by atoms with Gasteiger partial charge in [-0.05, 0) is 0 Å². The minimum atomic E-state index is -1.11. The molecule has 1 N–H and O–H groups in total. The molecule has 0 unspecified atom stereocenters. The van der Waals surface area contributed by atoms with Gasteiger partial charge in [0.05, 0.1) is 12.4 Å². The second kappa shape index (κ2) is 4.10. The maximum absolute atomic E-state index is 10.2. The predicted octanol–water partition coefficient (Wildman–Crippen LogP) is 1.25. The Kier molecular flexibility index (Phi) is 3.78. The minimum absolute atomic E-state index is 0. The Hall–Kier alpha value is -0.870. The molecule has 0 amide bonds. The van der Waals surface area contributed by atoms with Crippen LogP contribution in [0.5, 0.6) is 0 Å². The SMILES string of the molecule is Cl.O=C(O)c1cnc(Cl)cn1. The minimum Gasteiger partial charge on any atom is -0.476 e. The van der Waals surface area contributed by atoms with E-state index >= 15 is 0 Å². The maximum Gasteiger partial charge on any atom is 0.356 e. The summed E-state index contributed by atoms with van der Waals surface area (Å²) in [5.74, 6) is -1.11. The summed E-state index contributed by atoms with van der Waals surface area (Å²) in [6.07, 6.45) is 2.29. The Morgan fingerprint density at radius 2 is 2.09 bits per heavy atom. The first-order chi connectivity index (χ1) is 4.70. The molecule has 1 aromatic rings. The monoisotopic (exact) mass is 194 g/mol. The van der Waals surface area contributed by atoms with Crippen LogP contribution in [0.3, 0.4) is 0 Å². The molecule has 0 aliphatic heterocycles. The van der Waals surface area contributed by atoms with E-state index in [1.807, 2.05) is 0 Å². The van der Waals surface area contributed by atoms with Crippen molar-refractivity contribution in [3.63, 3.8) is 0 Å². The zero-order chi connectivity index (χ0) is 7.56. The molecule has 0 aliphatic rings. The van der Waals surface area contributed by atoms with E-state index in [-0.39, 0.29) is 23.3 Å². The van der Waals surface area contributed by atoms with Gasteiger partial charge >= 0.3 is 5.97 Å². The van der Waals surface area contributed by atoms with E-state index in [1.54, 1.807) is 0 Å². The zero-order valence-corrected chi connectivity index (χ0v) is 6.76. The summed E-state index contributed by atoms with van der Waals surface area (Å²) in [4.78, 5) is 17.2. The van der Waals surface area contributed by atoms with Gasteiger partial charge in [-0.25, -0.2) is 14.8 Å². The highest BCUT2D eigenvalue weighted by Crippen LogP contribution is 2.00. The number of hydrogen-bond donors (Lipinski definition) is 1. The molecule has 1 heterocycles. The third kappa shape index (κ3) is 2.69. The lowest BCUT2D eigenvalue weighted by molar-refractivity contribution is 0.0690. The van der Waals surface area contributed by atoms with Crippen molar-refractivity contribution in [3.05, 3.63) is 23.2 Å². The average Bonchev–Trinajstić information content (AvgIpc) is 1.88. The van der Waals surface area contributed by atoms with Gasteiger partial charge in [0.2, 0.25) is 0 Å². The summed E-state index contributed by atoms with van der Waals surface area (Å²) >= 11 is 5.35. The van der Waals surface area contributed by atoms with E-state index in [0.29, 0.717) is 0 Å². The molecule has 0 aromatic carbocycles. The highest BCUT2D eigenvalue weighted by Gasteiger charge is 2.02. The summed E-state index contributed by atoms with van der Waals surface area (Å²) in [6, 6.07) is 0. The van der Waals surface area contributed by atoms with Crippen molar-refractivity contribution in [2.24, 2.45) is 0 Å². The molecular formula is C5H4Cl2N2O2. The molecule has 0 saturated heterocycles. The highest BCUT2D eigenvalue weighted by molar-refractivity contribution is 6.29. The Morgan fingerprint density at radius 1 is 1.45 bits per heavy atom. The van der Waals surface area contributed by atoms with Gasteiger partial charge in [0, 0.05) is 0 Å². The van der Waals surface area contributed by atoms with Crippen molar-refractivity contribution >= 4 is 30.0 Å². The van der Waals surface area contributed by atoms with Gasteiger partial charge in [-0.1, -0.05) is 11.6 Å². The van der Waals surface area contributed by atoms with Crippen molar-refractivity contribution in [1.82, 2.24) is 9.97 Å². The molecule has 6 heteroatoms. The predicted molar refractivity (Wildman–Crippen MR) is 41.2 cm³/mol. The fraction of sp³-hybridized carbons (Fsp3) is 0. The van der Waals surface area contributed by atoms with Crippen LogP contribution in [0.4, 0.5) is 0 Å².